The maximum atomic E-state index is 13.6. The molecule has 1 amide bonds. The van der Waals surface area contributed by atoms with Crippen molar-refractivity contribution in [3.63, 3.8) is 0 Å². The summed E-state index contributed by atoms with van der Waals surface area (Å²) in [5.74, 6) is 0. The first kappa shape index (κ1) is 27.5. The van der Waals surface area contributed by atoms with Crippen LogP contribution in [0.1, 0.15) is 62.0 Å². The van der Waals surface area contributed by atoms with Gasteiger partial charge in [0.05, 0.1) is 37.0 Å². The van der Waals surface area contributed by atoms with E-state index in [1.165, 1.54) is 28.1 Å². The monoisotopic (exact) mass is 547 g/mol. The smallest absolute Gasteiger partial charge is 0.410 e. The quantitative estimate of drug-likeness (QED) is 0.567. The summed E-state index contributed by atoms with van der Waals surface area (Å²) in [6.45, 7) is 12.9. The van der Waals surface area contributed by atoms with E-state index in [2.05, 4.69) is 46.0 Å². The van der Waals surface area contributed by atoms with Crippen LogP contribution in [0.3, 0.4) is 0 Å². The molecule has 2 aromatic rings. The van der Waals surface area contributed by atoms with Gasteiger partial charge in [-0.15, -0.1) is 0 Å². The van der Waals surface area contributed by atoms with Crippen LogP contribution in [0.2, 0.25) is 0 Å². The zero-order chi connectivity index (χ0) is 27.9. The number of rotatable bonds is 4. The Hall–Kier alpha value is -2.68. The first-order valence-electron chi connectivity index (χ1n) is 15.1. The van der Waals surface area contributed by atoms with Gasteiger partial charge < -0.3 is 14.4 Å². The van der Waals surface area contributed by atoms with Crippen molar-refractivity contribution in [3.8, 4) is 0 Å². The molecular formula is C32H45N5O3. The molecule has 1 aromatic carbocycles. The lowest BCUT2D eigenvalue weighted by molar-refractivity contribution is -0.0117. The van der Waals surface area contributed by atoms with Gasteiger partial charge in [0.25, 0.3) is 0 Å². The van der Waals surface area contributed by atoms with Gasteiger partial charge in [-0.05, 0) is 82.3 Å². The molecule has 0 saturated carbocycles. The van der Waals surface area contributed by atoms with E-state index < -0.39 is 5.60 Å². The topological polar surface area (TPSA) is 61.4 Å². The lowest BCUT2D eigenvalue weighted by Crippen LogP contribution is -2.58. The summed E-state index contributed by atoms with van der Waals surface area (Å²) in [6, 6.07) is 11.6. The van der Waals surface area contributed by atoms with E-state index in [4.69, 9.17) is 14.5 Å². The number of nitrogens with zero attached hydrogens (tertiary/aromatic N) is 5. The molecule has 3 aliphatic heterocycles. The molecule has 216 valence electrons. The maximum Gasteiger partial charge on any atom is 0.410 e. The molecule has 0 unspecified atom stereocenters. The highest BCUT2D eigenvalue weighted by atomic mass is 16.6. The standard InChI is InChI=1S/C32H45N5O3/c1-32(2,3)40-31(38)37-19-24-9-6-11-28(36-15-14-35-16-17-39-22-26(35)21-36)27(24)18-25(37)20-34(4)29-12-5-8-23-10-7-13-33-30(23)29/h6-7,9-11,13,25-26,29H,5,8,12,14-22H2,1-4H3/t25-,26-,29+/m1/s1. The lowest BCUT2D eigenvalue weighted by atomic mass is 9.89. The molecular weight excluding hydrogens is 502 g/mol. The third-order valence-corrected chi connectivity index (χ3v) is 9.07. The second-order valence-electron chi connectivity index (χ2n) is 13.0. The van der Waals surface area contributed by atoms with Gasteiger partial charge >= 0.3 is 6.09 Å². The number of amides is 1. The molecule has 0 N–H and O–H groups in total. The van der Waals surface area contributed by atoms with Crippen molar-refractivity contribution >= 4 is 11.8 Å². The van der Waals surface area contributed by atoms with Gasteiger partial charge in [-0.2, -0.15) is 0 Å². The van der Waals surface area contributed by atoms with Crippen LogP contribution in [-0.2, 0) is 28.9 Å². The van der Waals surface area contributed by atoms with E-state index in [1.807, 2.05) is 37.9 Å². The lowest BCUT2D eigenvalue weighted by Gasteiger charge is -2.46. The largest absolute Gasteiger partial charge is 0.444 e. The second kappa shape index (κ2) is 11.3. The molecule has 0 radical (unpaired) electrons. The summed E-state index contributed by atoms with van der Waals surface area (Å²) in [4.78, 5) is 27.9. The minimum absolute atomic E-state index is 0.0156. The number of carbonyl (C=O) groups excluding carboxylic acids is 1. The van der Waals surface area contributed by atoms with Crippen molar-refractivity contribution in [3.05, 3.63) is 58.9 Å². The Balaban J connectivity index is 1.27. The average Bonchev–Trinajstić information content (AvgIpc) is 2.95. The van der Waals surface area contributed by atoms with Gasteiger partial charge in [0.2, 0.25) is 0 Å². The number of aromatic nitrogens is 1. The number of piperazine rings is 1. The van der Waals surface area contributed by atoms with Crippen molar-refractivity contribution in [2.45, 2.75) is 76.7 Å². The van der Waals surface area contributed by atoms with Crippen molar-refractivity contribution in [1.29, 1.82) is 0 Å². The van der Waals surface area contributed by atoms with Crippen LogP contribution in [-0.4, -0.2) is 96.4 Å². The molecule has 0 spiro atoms. The van der Waals surface area contributed by atoms with Crippen molar-refractivity contribution in [1.82, 2.24) is 19.7 Å². The average molecular weight is 548 g/mol. The summed E-state index contributed by atoms with van der Waals surface area (Å²) < 4.78 is 11.8. The van der Waals surface area contributed by atoms with Crippen LogP contribution < -0.4 is 4.90 Å². The molecule has 6 rings (SSSR count). The number of carbonyl (C=O) groups is 1. The minimum Gasteiger partial charge on any atom is -0.444 e. The van der Waals surface area contributed by atoms with E-state index in [0.29, 0.717) is 12.6 Å². The van der Waals surface area contributed by atoms with Gasteiger partial charge in [-0.25, -0.2) is 4.79 Å². The number of aryl methyl sites for hydroxylation is 1. The number of ether oxygens (including phenoxy) is 2. The zero-order valence-corrected chi connectivity index (χ0v) is 24.6. The number of anilines is 1. The van der Waals surface area contributed by atoms with E-state index in [1.54, 1.807) is 0 Å². The second-order valence-corrected chi connectivity index (χ2v) is 13.0. The van der Waals surface area contributed by atoms with E-state index >= 15 is 0 Å². The number of benzene rings is 1. The van der Waals surface area contributed by atoms with Gasteiger partial charge in [0, 0.05) is 51.2 Å². The highest BCUT2D eigenvalue weighted by Crippen LogP contribution is 2.36. The highest BCUT2D eigenvalue weighted by Gasteiger charge is 2.38. The van der Waals surface area contributed by atoms with Crippen LogP contribution in [0.5, 0.6) is 0 Å². The van der Waals surface area contributed by atoms with Gasteiger partial charge in [-0.1, -0.05) is 18.2 Å². The van der Waals surface area contributed by atoms with Gasteiger partial charge in [0.15, 0.2) is 0 Å². The van der Waals surface area contributed by atoms with Crippen LogP contribution in [0, 0.1) is 0 Å². The third-order valence-electron chi connectivity index (χ3n) is 9.07. The highest BCUT2D eigenvalue weighted by molar-refractivity contribution is 5.70. The minimum atomic E-state index is -0.538. The fraction of sp³-hybridized carbons (Fsp3) is 0.625. The van der Waals surface area contributed by atoms with Crippen molar-refractivity contribution in [2.24, 2.45) is 0 Å². The number of morpholine rings is 1. The summed E-state index contributed by atoms with van der Waals surface area (Å²) >= 11 is 0. The Labute approximate surface area is 239 Å². The normalized spacial score (nSPS) is 25.3. The molecule has 8 heteroatoms. The van der Waals surface area contributed by atoms with Gasteiger partial charge in [0.1, 0.15) is 5.60 Å². The number of fused-ring (bicyclic) bond motifs is 3. The SMILES string of the molecule is CN(C[C@H]1Cc2c(cccc2N2CCN3CCOC[C@H]3C2)CN1C(=O)OC(C)(C)C)[C@H]1CCCc2cccnc21. The van der Waals surface area contributed by atoms with Crippen molar-refractivity contribution < 1.29 is 14.3 Å². The van der Waals surface area contributed by atoms with Crippen LogP contribution in [0.25, 0.3) is 0 Å². The number of pyridine rings is 1. The van der Waals surface area contributed by atoms with E-state index in [-0.39, 0.29) is 18.2 Å². The molecule has 0 bridgehead atoms. The molecule has 40 heavy (non-hydrogen) atoms. The Bertz CT molecular complexity index is 1210. The van der Waals surface area contributed by atoms with Gasteiger partial charge in [-0.3, -0.25) is 19.7 Å². The number of likely N-dealkylation sites (N-methyl/N-ethyl adjacent to an activating group) is 1. The maximum absolute atomic E-state index is 13.6. The van der Waals surface area contributed by atoms with Crippen LogP contribution in [0.4, 0.5) is 10.5 Å². The number of hydrogen-bond acceptors (Lipinski definition) is 7. The number of hydrogen-bond donors (Lipinski definition) is 0. The molecule has 4 heterocycles. The van der Waals surface area contributed by atoms with Crippen LogP contribution in [0.15, 0.2) is 36.5 Å². The summed E-state index contributed by atoms with van der Waals surface area (Å²) in [5.41, 5.74) is 5.95. The Morgan fingerprint density at radius 1 is 1.15 bits per heavy atom. The van der Waals surface area contributed by atoms with Crippen LogP contribution >= 0.6 is 0 Å². The Kier molecular flexibility index (Phi) is 7.77. The predicted octanol–water partition coefficient (Wildman–Crippen LogP) is 4.27. The molecule has 2 fully saturated rings. The van der Waals surface area contributed by atoms with E-state index in [9.17, 15) is 4.79 Å². The van der Waals surface area contributed by atoms with Crippen molar-refractivity contribution in [2.75, 3.05) is 57.9 Å². The fourth-order valence-corrected chi connectivity index (χ4v) is 7.10. The molecule has 8 nitrogen and oxygen atoms in total. The molecule has 1 aromatic heterocycles. The molecule has 3 atom stereocenters. The zero-order valence-electron chi connectivity index (χ0n) is 24.6. The third kappa shape index (κ3) is 5.71. The Morgan fingerprint density at radius 2 is 2.00 bits per heavy atom. The summed E-state index contributed by atoms with van der Waals surface area (Å²) in [7, 11) is 2.20. The Morgan fingerprint density at radius 3 is 2.85 bits per heavy atom. The first-order chi connectivity index (χ1) is 19.3. The van der Waals surface area contributed by atoms with E-state index in [0.717, 1.165) is 71.6 Å². The molecule has 4 aliphatic rings. The first-order valence-corrected chi connectivity index (χ1v) is 15.1. The predicted molar refractivity (Wildman–Crippen MR) is 157 cm³/mol. The summed E-state index contributed by atoms with van der Waals surface area (Å²) in [5, 5.41) is 0. The summed E-state index contributed by atoms with van der Waals surface area (Å²) in [6.07, 6.45) is 5.86. The molecule has 2 saturated heterocycles. The fourth-order valence-electron chi connectivity index (χ4n) is 7.10. The molecule has 1 aliphatic carbocycles.